The summed E-state index contributed by atoms with van der Waals surface area (Å²) in [6, 6.07) is 14.3. The van der Waals surface area contributed by atoms with Crippen molar-refractivity contribution in [1.82, 2.24) is 10.2 Å². The molecular formula is C24H28N2O3. The van der Waals surface area contributed by atoms with Gasteiger partial charge in [-0.05, 0) is 61.9 Å². The van der Waals surface area contributed by atoms with Crippen molar-refractivity contribution >= 4 is 11.8 Å². The van der Waals surface area contributed by atoms with Gasteiger partial charge in [-0.1, -0.05) is 35.9 Å². The number of ether oxygens (including phenoxy) is 1. The lowest BCUT2D eigenvalue weighted by Gasteiger charge is -2.38. The lowest BCUT2D eigenvalue weighted by molar-refractivity contribution is -0.134. The van der Waals surface area contributed by atoms with E-state index in [1.807, 2.05) is 30.0 Å². The van der Waals surface area contributed by atoms with Crippen molar-refractivity contribution < 1.29 is 14.3 Å². The monoisotopic (exact) mass is 392 g/mol. The average Bonchev–Trinajstić information content (AvgIpc) is 3.56. The molecule has 0 aromatic heterocycles. The van der Waals surface area contributed by atoms with Crippen molar-refractivity contribution in [2.45, 2.75) is 39.2 Å². The minimum Gasteiger partial charge on any atom is -0.484 e. The standard InChI is InChI=1S/C24H28N2O3/c1-3-25-22(27)15-29-20-10-9-17-11-12-26(24(28)18-7-8-18)23(21(17)14-20)19-6-4-5-16(2)13-19/h4-6,9-10,13-14,18,23H,3,7-8,11-12,15H2,1-2H3,(H,25,27). The summed E-state index contributed by atoms with van der Waals surface area (Å²) in [5, 5.41) is 2.74. The van der Waals surface area contributed by atoms with Crippen LogP contribution in [0, 0.1) is 12.8 Å². The lowest BCUT2D eigenvalue weighted by Crippen LogP contribution is -2.41. The van der Waals surface area contributed by atoms with Crippen LogP contribution in [-0.4, -0.2) is 36.4 Å². The van der Waals surface area contributed by atoms with Gasteiger partial charge in [-0.25, -0.2) is 0 Å². The Morgan fingerprint density at radius 1 is 1.17 bits per heavy atom. The quantitative estimate of drug-likeness (QED) is 0.820. The van der Waals surface area contributed by atoms with Crippen LogP contribution in [0.1, 0.15) is 48.1 Å². The van der Waals surface area contributed by atoms with E-state index in [0.717, 1.165) is 36.9 Å². The van der Waals surface area contributed by atoms with E-state index in [1.54, 1.807) is 0 Å². The molecule has 2 aromatic rings. The topological polar surface area (TPSA) is 58.6 Å². The molecule has 29 heavy (non-hydrogen) atoms. The summed E-state index contributed by atoms with van der Waals surface area (Å²) in [4.78, 5) is 26.9. The van der Waals surface area contributed by atoms with Crippen molar-refractivity contribution in [3.63, 3.8) is 0 Å². The lowest BCUT2D eigenvalue weighted by atomic mass is 9.87. The zero-order chi connectivity index (χ0) is 20.4. The Labute approximate surface area is 172 Å². The fourth-order valence-electron chi connectivity index (χ4n) is 4.08. The molecule has 152 valence electrons. The first kappa shape index (κ1) is 19.5. The van der Waals surface area contributed by atoms with E-state index in [4.69, 9.17) is 4.74 Å². The number of likely N-dealkylation sites (N-methyl/N-ethyl adjacent to an activating group) is 1. The van der Waals surface area contributed by atoms with E-state index < -0.39 is 0 Å². The number of benzene rings is 2. The van der Waals surface area contributed by atoms with Gasteiger partial charge in [0.25, 0.3) is 5.91 Å². The van der Waals surface area contributed by atoms with Crippen molar-refractivity contribution in [3.05, 3.63) is 64.7 Å². The Bertz CT molecular complexity index is 920. The molecule has 2 aromatic carbocycles. The van der Waals surface area contributed by atoms with Crippen molar-refractivity contribution in [2.75, 3.05) is 19.7 Å². The van der Waals surface area contributed by atoms with Gasteiger partial charge in [-0.15, -0.1) is 0 Å². The van der Waals surface area contributed by atoms with Gasteiger partial charge in [0.15, 0.2) is 6.61 Å². The summed E-state index contributed by atoms with van der Waals surface area (Å²) < 4.78 is 5.73. The number of hydrogen-bond acceptors (Lipinski definition) is 3. The number of aryl methyl sites for hydroxylation is 1. The van der Waals surface area contributed by atoms with Crippen molar-refractivity contribution in [3.8, 4) is 5.75 Å². The van der Waals surface area contributed by atoms with Crippen LogP contribution < -0.4 is 10.1 Å². The van der Waals surface area contributed by atoms with E-state index >= 15 is 0 Å². The largest absolute Gasteiger partial charge is 0.484 e. The zero-order valence-corrected chi connectivity index (χ0v) is 17.1. The Kier molecular flexibility index (Phi) is 5.56. The Morgan fingerprint density at radius 3 is 2.72 bits per heavy atom. The summed E-state index contributed by atoms with van der Waals surface area (Å²) in [6.07, 6.45) is 2.84. The third kappa shape index (κ3) is 4.29. The molecule has 5 nitrogen and oxygen atoms in total. The van der Waals surface area contributed by atoms with Gasteiger partial charge in [-0.2, -0.15) is 0 Å². The predicted octanol–water partition coefficient (Wildman–Crippen LogP) is 3.39. The molecule has 1 N–H and O–H groups in total. The van der Waals surface area contributed by atoms with Crippen LogP contribution in [0.25, 0.3) is 0 Å². The highest BCUT2D eigenvalue weighted by molar-refractivity contribution is 5.82. The number of nitrogens with one attached hydrogen (secondary N) is 1. The second kappa shape index (κ2) is 8.27. The maximum Gasteiger partial charge on any atom is 0.257 e. The SMILES string of the molecule is CCNC(=O)COc1ccc2c(c1)C(c1cccc(C)c1)N(C(=O)C1CC1)CC2. The maximum atomic E-state index is 13.1. The number of carbonyl (C=O) groups excluding carboxylic acids is 2. The second-order valence-electron chi connectivity index (χ2n) is 7.98. The molecular weight excluding hydrogens is 364 g/mol. The predicted molar refractivity (Wildman–Crippen MR) is 112 cm³/mol. The molecule has 4 rings (SSSR count). The summed E-state index contributed by atoms with van der Waals surface area (Å²) in [5.41, 5.74) is 4.64. The molecule has 1 saturated carbocycles. The van der Waals surface area contributed by atoms with E-state index in [0.29, 0.717) is 12.3 Å². The third-order valence-corrected chi connectivity index (χ3v) is 5.66. The average molecular weight is 392 g/mol. The Hall–Kier alpha value is -2.82. The van der Waals surface area contributed by atoms with E-state index in [9.17, 15) is 9.59 Å². The molecule has 0 saturated heterocycles. The highest BCUT2D eigenvalue weighted by atomic mass is 16.5. The molecule has 2 amide bonds. The third-order valence-electron chi connectivity index (χ3n) is 5.66. The number of carbonyl (C=O) groups is 2. The van der Waals surface area contributed by atoms with E-state index in [1.165, 1.54) is 11.1 Å². The minimum absolute atomic E-state index is 0.00748. The molecule has 1 aliphatic heterocycles. The first-order valence-electron chi connectivity index (χ1n) is 10.5. The first-order valence-corrected chi connectivity index (χ1v) is 10.5. The van der Waals surface area contributed by atoms with Gasteiger partial charge >= 0.3 is 0 Å². The number of hydrogen-bond donors (Lipinski definition) is 1. The summed E-state index contributed by atoms with van der Waals surface area (Å²) in [5.74, 6) is 0.969. The van der Waals surface area contributed by atoms with Crippen molar-refractivity contribution in [1.29, 1.82) is 0 Å². The maximum absolute atomic E-state index is 13.1. The molecule has 0 spiro atoms. The highest BCUT2D eigenvalue weighted by Gasteiger charge is 2.39. The zero-order valence-electron chi connectivity index (χ0n) is 17.1. The molecule has 1 atom stereocenters. The normalized spacial score (nSPS) is 18.1. The first-order chi connectivity index (χ1) is 14.1. The van der Waals surface area contributed by atoms with Gasteiger partial charge < -0.3 is 15.0 Å². The van der Waals surface area contributed by atoms with Crippen LogP contribution >= 0.6 is 0 Å². The fourth-order valence-corrected chi connectivity index (χ4v) is 4.08. The minimum atomic E-state index is -0.133. The Morgan fingerprint density at radius 2 is 2.00 bits per heavy atom. The van der Waals surface area contributed by atoms with Crippen molar-refractivity contribution in [2.24, 2.45) is 5.92 Å². The number of nitrogens with zero attached hydrogens (tertiary/aromatic N) is 1. The van der Waals surface area contributed by atoms with E-state index in [-0.39, 0.29) is 30.4 Å². The van der Waals surface area contributed by atoms with Gasteiger partial charge in [0.2, 0.25) is 5.91 Å². The summed E-state index contributed by atoms with van der Waals surface area (Å²) in [7, 11) is 0. The number of rotatable bonds is 6. The van der Waals surface area contributed by atoms with Crippen LogP contribution in [0.5, 0.6) is 5.75 Å². The van der Waals surface area contributed by atoms with Crippen LogP contribution in [0.15, 0.2) is 42.5 Å². The van der Waals surface area contributed by atoms with Gasteiger partial charge in [0.05, 0.1) is 6.04 Å². The van der Waals surface area contributed by atoms with Gasteiger partial charge in [0.1, 0.15) is 5.75 Å². The summed E-state index contributed by atoms with van der Waals surface area (Å²) in [6.45, 7) is 5.27. The molecule has 0 bridgehead atoms. The van der Waals surface area contributed by atoms with Crippen LogP contribution in [0.2, 0.25) is 0 Å². The number of amides is 2. The van der Waals surface area contributed by atoms with Crippen LogP contribution in [0.3, 0.4) is 0 Å². The summed E-state index contributed by atoms with van der Waals surface area (Å²) >= 11 is 0. The molecule has 2 aliphatic rings. The molecule has 1 aliphatic carbocycles. The fraction of sp³-hybridized carbons (Fsp3) is 0.417. The van der Waals surface area contributed by atoms with Gasteiger partial charge in [-0.3, -0.25) is 9.59 Å². The molecule has 0 radical (unpaired) electrons. The van der Waals surface area contributed by atoms with Gasteiger partial charge in [0, 0.05) is 19.0 Å². The molecule has 1 fully saturated rings. The highest BCUT2D eigenvalue weighted by Crippen LogP contribution is 2.41. The van der Waals surface area contributed by atoms with Crippen LogP contribution in [0.4, 0.5) is 0 Å². The molecule has 5 heteroatoms. The molecule has 1 heterocycles. The smallest absolute Gasteiger partial charge is 0.257 e. The Balaban J connectivity index is 1.68. The molecule has 1 unspecified atom stereocenters. The van der Waals surface area contributed by atoms with Crippen LogP contribution in [-0.2, 0) is 16.0 Å². The van der Waals surface area contributed by atoms with E-state index in [2.05, 4.69) is 36.5 Å². The second-order valence-corrected chi connectivity index (χ2v) is 7.98. The number of fused-ring (bicyclic) bond motifs is 1.